The molecule has 3 N–H and O–H groups in total. The predicted molar refractivity (Wildman–Crippen MR) is 59.5 cm³/mol. The number of aliphatic hydroxyl groups is 1. The monoisotopic (exact) mass is 214 g/mol. The summed E-state index contributed by atoms with van der Waals surface area (Å²) in [6.45, 7) is 5.49. The van der Waals surface area contributed by atoms with Gasteiger partial charge in [-0.05, 0) is 32.7 Å². The largest absolute Gasteiger partial charge is 0.393 e. The molecule has 1 saturated heterocycles. The zero-order valence-corrected chi connectivity index (χ0v) is 9.62. The molecule has 0 saturated carbocycles. The lowest BCUT2D eigenvalue weighted by atomic mass is 10.0. The summed E-state index contributed by atoms with van der Waals surface area (Å²) in [5, 5.41) is 15.5. The van der Waals surface area contributed by atoms with Gasteiger partial charge in [-0.15, -0.1) is 0 Å². The van der Waals surface area contributed by atoms with E-state index in [1.165, 1.54) is 0 Å². The second-order valence-electron chi connectivity index (χ2n) is 4.28. The molecule has 88 valence electrons. The van der Waals surface area contributed by atoms with Gasteiger partial charge in [0.2, 0.25) is 5.91 Å². The fourth-order valence-electron chi connectivity index (χ4n) is 1.91. The number of rotatable bonds is 5. The molecule has 1 aliphatic heterocycles. The maximum Gasteiger partial charge on any atom is 0.224 e. The van der Waals surface area contributed by atoms with E-state index in [1.54, 1.807) is 0 Å². The molecule has 0 aliphatic carbocycles. The van der Waals surface area contributed by atoms with Crippen LogP contribution in [0.5, 0.6) is 0 Å². The highest BCUT2D eigenvalue weighted by molar-refractivity contribution is 5.79. The van der Waals surface area contributed by atoms with E-state index in [0.29, 0.717) is 13.0 Å². The number of hydrogen-bond donors (Lipinski definition) is 3. The van der Waals surface area contributed by atoms with E-state index in [-0.39, 0.29) is 24.0 Å². The molecule has 3 atom stereocenters. The highest BCUT2D eigenvalue weighted by Gasteiger charge is 2.28. The van der Waals surface area contributed by atoms with Gasteiger partial charge in [0.15, 0.2) is 0 Å². The Bertz CT molecular complexity index is 209. The van der Waals surface area contributed by atoms with E-state index in [9.17, 15) is 9.90 Å². The standard InChI is InChI=1S/C11H22N2O2/c1-3-9(14)4-6-13-11(15)10-5-7-12-8(10)2/h8-10,12,14H,3-7H2,1-2H3,(H,13,15). The first-order valence-corrected chi connectivity index (χ1v) is 5.84. The van der Waals surface area contributed by atoms with Gasteiger partial charge in [-0.2, -0.15) is 0 Å². The molecule has 1 fully saturated rings. The fourth-order valence-corrected chi connectivity index (χ4v) is 1.91. The fraction of sp³-hybridized carbons (Fsp3) is 0.909. The third kappa shape index (κ3) is 3.80. The summed E-state index contributed by atoms with van der Waals surface area (Å²) < 4.78 is 0. The molecule has 0 aromatic heterocycles. The molecule has 0 aromatic rings. The maximum absolute atomic E-state index is 11.7. The van der Waals surface area contributed by atoms with Crippen molar-refractivity contribution >= 4 is 5.91 Å². The van der Waals surface area contributed by atoms with Gasteiger partial charge in [-0.1, -0.05) is 6.92 Å². The summed E-state index contributed by atoms with van der Waals surface area (Å²) in [5.41, 5.74) is 0. The summed E-state index contributed by atoms with van der Waals surface area (Å²) in [6, 6.07) is 0.279. The highest BCUT2D eigenvalue weighted by atomic mass is 16.3. The molecule has 3 unspecified atom stereocenters. The van der Waals surface area contributed by atoms with Crippen LogP contribution in [0.1, 0.15) is 33.1 Å². The van der Waals surface area contributed by atoms with Gasteiger partial charge in [0.05, 0.1) is 12.0 Å². The number of hydrogen-bond acceptors (Lipinski definition) is 3. The predicted octanol–water partition coefficient (Wildman–Crippen LogP) is 0.262. The Hall–Kier alpha value is -0.610. The Morgan fingerprint density at radius 2 is 2.40 bits per heavy atom. The van der Waals surface area contributed by atoms with Crippen LogP contribution < -0.4 is 10.6 Å². The number of aliphatic hydroxyl groups excluding tert-OH is 1. The van der Waals surface area contributed by atoms with Crippen LogP contribution in [0.3, 0.4) is 0 Å². The summed E-state index contributed by atoms with van der Waals surface area (Å²) in [5.74, 6) is 0.222. The Kier molecular flexibility index (Phi) is 5.05. The van der Waals surface area contributed by atoms with Gasteiger partial charge in [0, 0.05) is 12.6 Å². The average Bonchev–Trinajstić information content (AvgIpc) is 2.64. The van der Waals surface area contributed by atoms with Crippen molar-refractivity contribution in [2.24, 2.45) is 5.92 Å². The summed E-state index contributed by atoms with van der Waals surface area (Å²) in [6.07, 6.45) is 2.03. The molecule has 0 spiro atoms. The van der Waals surface area contributed by atoms with Crippen molar-refractivity contribution < 1.29 is 9.90 Å². The van der Waals surface area contributed by atoms with Gasteiger partial charge in [-0.3, -0.25) is 4.79 Å². The maximum atomic E-state index is 11.7. The summed E-state index contributed by atoms with van der Waals surface area (Å²) in [7, 11) is 0. The third-order valence-corrected chi connectivity index (χ3v) is 3.11. The Morgan fingerprint density at radius 1 is 1.67 bits per heavy atom. The van der Waals surface area contributed by atoms with Gasteiger partial charge in [-0.25, -0.2) is 0 Å². The van der Waals surface area contributed by atoms with Crippen molar-refractivity contribution in [3.8, 4) is 0 Å². The zero-order valence-electron chi connectivity index (χ0n) is 9.62. The van der Waals surface area contributed by atoms with Crippen LogP contribution in [0.25, 0.3) is 0 Å². The van der Waals surface area contributed by atoms with E-state index in [2.05, 4.69) is 10.6 Å². The smallest absolute Gasteiger partial charge is 0.224 e. The number of nitrogens with one attached hydrogen (secondary N) is 2. The molecule has 1 amide bonds. The lowest BCUT2D eigenvalue weighted by molar-refractivity contribution is -0.125. The Balaban J connectivity index is 2.18. The van der Waals surface area contributed by atoms with Crippen LogP contribution in [0.15, 0.2) is 0 Å². The molecule has 4 nitrogen and oxygen atoms in total. The second-order valence-corrected chi connectivity index (χ2v) is 4.28. The van der Waals surface area contributed by atoms with Crippen LogP contribution in [0.2, 0.25) is 0 Å². The van der Waals surface area contributed by atoms with Crippen molar-refractivity contribution in [3.63, 3.8) is 0 Å². The van der Waals surface area contributed by atoms with E-state index < -0.39 is 0 Å². The minimum atomic E-state index is -0.288. The van der Waals surface area contributed by atoms with Crippen molar-refractivity contribution in [3.05, 3.63) is 0 Å². The van der Waals surface area contributed by atoms with Crippen LogP contribution in [0.4, 0.5) is 0 Å². The summed E-state index contributed by atoms with van der Waals surface area (Å²) >= 11 is 0. The minimum absolute atomic E-state index is 0.101. The molecule has 15 heavy (non-hydrogen) atoms. The first kappa shape index (κ1) is 12.5. The Labute approximate surface area is 91.4 Å². The van der Waals surface area contributed by atoms with Crippen LogP contribution in [0, 0.1) is 5.92 Å². The lowest BCUT2D eigenvalue weighted by Gasteiger charge is -2.15. The van der Waals surface area contributed by atoms with Crippen LogP contribution in [-0.4, -0.2) is 36.2 Å². The quantitative estimate of drug-likeness (QED) is 0.615. The minimum Gasteiger partial charge on any atom is -0.393 e. The topological polar surface area (TPSA) is 61.4 Å². The zero-order chi connectivity index (χ0) is 11.3. The molecule has 1 rings (SSSR count). The van der Waals surface area contributed by atoms with Crippen molar-refractivity contribution in [2.45, 2.75) is 45.3 Å². The third-order valence-electron chi connectivity index (χ3n) is 3.11. The van der Waals surface area contributed by atoms with Gasteiger partial charge >= 0.3 is 0 Å². The number of carbonyl (C=O) groups excluding carboxylic acids is 1. The molecule has 0 radical (unpaired) electrons. The number of carbonyl (C=O) groups is 1. The van der Waals surface area contributed by atoms with Crippen LogP contribution >= 0.6 is 0 Å². The molecule has 1 heterocycles. The van der Waals surface area contributed by atoms with Crippen molar-refractivity contribution in [2.75, 3.05) is 13.1 Å². The molecular weight excluding hydrogens is 192 g/mol. The highest BCUT2D eigenvalue weighted by Crippen LogP contribution is 2.14. The SMILES string of the molecule is CCC(O)CCNC(=O)C1CCNC1C. The lowest BCUT2D eigenvalue weighted by Crippen LogP contribution is -2.37. The van der Waals surface area contributed by atoms with E-state index in [0.717, 1.165) is 19.4 Å². The van der Waals surface area contributed by atoms with Gasteiger partial charge in [0.1, 0.15) is 0 Å². The Morgan fingerprint density at radius 3 is 2.93 bits per heavy atom. The first-order valence-electron chi connectivity index (χ1n) is 5.84. The number of amides is 1. The molecule has 1 aliphatic rings. The molecule has 0 bridgehead atoms. The molecule has 0 aromatic carbocycles. The normalized spacial score (nSPS) is 27.7. The van der Waals surface area contributed by atoms with E-state index in [1.807, 2.05) is 13.8 Å². The van der Waals surface area contributed by atoms with Gasteiger partial charge < -0.3 is 15.7 Å². The van der Waals surface area contributed by atoms with E-state index in [4.69, 9.17) is 0 Å². The van der Waals surface area contributed by atoms with Crippen molar-refractivity contribution in [1.82, 2.24) is 10.6 Å². The molecule has 4 heteroatoms. The second kappa shape index (κ2) is 6.08. The van der Waals surface area contributed by atoms with E-state index >= 15 is 0 Å². The van der Waals surface area contributed by atoms with Crippen molar-refractivity contribution in [1.29, 1.82) is 0 Å². The van der Waals surface area contributed by atoms with Gasteiger partial charge in [0.25, 0.3) is 0 Å². The first-order chi connectivity index (χ1) is 7.15. The van der Waals surface area contributed by atoms with Crippen LogP contribution in [-0.2, 0) is 4.79 Å². The average molecular weight is 214 g/mol. The summed E-state index contributed by atoms with van der Waals surface area (Å²) in [4.78, 5) is 11.7. The molecular formula is C11H22N2O2.